The summed E-state index contributed by atoms with van der Waals surface area (Å²) in [4.78, 5) is 0. The molecule has 0 nitrogen and oxygen atoms in total. The molecule has 4 rings (SSSR count). The van der Waals surface area contributed by atoms with Crippen LogP contribution in [0.3, 0.4) is 0 Å². The minimum Gasteiger partial charge on any atom is -0.0616 e. The van der Waals surface area contributed by atoms with E-state index in [0.717, 1.165) is 12.8 Å². The first-order chi connectivity index (χ1) is 8.92. The topological polar surface area (TPSA) is 0 Å². The molecule has 0 heterocycles. The van der Waals surface area contributed by atoms with E-state index in [4.69, 9.17) is 0 Å². The first kappa shape index (κ1) is 9.90. The molecular formula is C18H14. The van der Waals surface area contributed by atoms with Gasteiger partial charge in [0.2, 0.25) is 0 Å². The largest absolute Gasteiger partial charge is 0.0616 e. The normalized spacial score (nSPS) is 14.7. The monoisotopic (exact) mass is 230 g/mol. The molecule has 0 N–H and O–H groups in total. The molecule has 0 atom stereocenters. The van der Waals surface area contributed by atoms with E-state index in [-0.39, 0.29) is 0 Å². The van der Waals surface area contributed by atoms with Crippen molar-refractivity contribution in [2.75, 3.05) is 0 Å². The fourth-order valence-electron chi connectivity index (χ4n) is 2.89. The van der Waals surface area contributed by atoms with Crippen LogP contribution in [0.2, 0.25) is 0 Å². The van der Waals surface area contributed by atoms with Crippen molar-refractivity contribution < 1.29 is 0 Å². The van der Waals surface area contributed by atoms with Crippen molar-refractivity contribution in [1.82, 2.24) is 0 Å². The predicted molar refractivity (Wildman–Crippen MR) is 76.4 cm³/mol. The first-order valence-electron chi connectivity index (χ1n) is 6.52. The van der Waals surface area contributed by atoms with Gasteiger partial charge in [0.15, 0.2) is 0 Å². The molecule has 2 aromatic rings. The first-order valence-corrected chi connectivity index (χ1v) is 6.52. The summed E-state index contributed by atoms with van der Waals surface area (Å²) >= 11 is 0. The fourth-order valence-corrected chi connectivity index (χ4v) is 2.89. The molecule has 0 fully saturated rings. The van der Waals surface area contributed by atoms with Crippen molar-refractivity contribution in [2.45, 2.75) is 12.8 Å². The Kier molecular flexibility index (Phi) is 2.04. The molecule has 0 bridgehead atoms. The van der Waals surface area contributed by atoms with Crippen molar-refractivity contribution in [3.8, 4) is 0 Å². The van der Waals surface area contributed by atoms with Crippen LogP contribution < -0.4 is 20.9 Å². The van der Waals surface area contributed by atoms with Gasteiger partial charge in [0.05, 0.1) is 0 Å². The zero-order valence-electron chi connectivity index (χ0n) is 10.2. The molecule has 0 heteroatoms. The summed E-state index contributed by atoms with van der Waals surface area (Å²) in [5, 5.41) is 5.70. The van der Waals surface area contributed by atoms with Crippen molar-refractivity contribution in [3.63, 3.8) is 0 Å². The Labute approximate surface area is 106 Å². The predicted octanol–water partition coefficient (Wildman–Crippen LogP) is 1.06. The molecular weight excluding hydrogens is 216 g/mol. The fraction of sp³-hybridized carbons (Fsp3) is 0.111. The quantitative estimate of drug-likeness (QED) is 0.739. The van der Waals surface area contributed by atoms with E-state index in [0.29, 0.717) is 0 Å². The molecule has 2 aliphatic carbocycles. The Bertz CT molecular complexity index is 791. The van der Waals surface area contributed by atoms with E-state index in [1.807, 2.05) is 0 Å². The van der Waals surface area contributed by atoms with Gasteiger partial charge in [-0.25, -0.2) is 0 Å². The molecule has 0 aliphatic heterocycles. The Hall–Kier alpha value is -2.08. The van der Waals surface area contributed by atoms with Crippen LogP contribution in [0.1, 0.15) is 12.8 Å². The molecule has 0 saturated carbocycles. The third-order valence-corrected chi connectivity index (χ3v) is 3.94. The average Bonchev–Trinajstić information content (AvgIpc) is 2.35. The van der Waals surface area contributed by atoms with Crippen LogP contribution in [0.25, 0.3) is 23.3 Å². The standard InChI is InChI=1S/C18H14/c1-3-7-17-13(5-1)11-15(17)9-10-16-12-14-6-2-4-8-18(14)16/h1-8,11-12H,9-10H2. The van der Waals surface area contributed by atoms with E-state index < -0.39 is 0 Å². The Morgan fingerprint density at radius 3 is 1.44 bits per heavy atom. The molecule has 86 valence electrons. The maximum Gasteiger partial charge on any atom is -0.0151 e. The molecule has 0 spiro atoms. The summed E-state index contributed by atoms with van der Waals surface area (Å²) < 4.78 is 0. The Balaban J connectivity index is 1.60. The number of hydrogen-bond acceptors (Lipinski definition) is 0. The number of fused-ring (bicyclic) bond motifs is 2. The zero-order chi connectivity index (χ0) is 11.9. The second-order valence-electron chi connectivity index (χ2n) is 5.01. The van der Waals surface area contributed by atoms with Gasteiger partial charge < -0.3 is 0 Å². The van der Waals surface area contributed by atoms with Crippen LogP contribution in [0.15, 0.2) is 48.5 Å². The van der Waals surface area contributed by atoms with Gasteiger partial charge >= 0.3 is 0 Å². The van der Waals surface area contributed by atoms with Gasteiger partial charge in [0, 0.05) is 0 Å². The summed E-state index contributed by atoms with van der Waals surface area (Å²) in [6.07, 6.45) is 6.97. The minimum absolute atomic E-state index is 1.16. The Morgan fingerprint density at radius 2 is 1.00 bits per heavy atom. The SMILES string of the molecule is C1=c2ccccc2=C1CCC1=c2ccccc2=C1. The van der Waals surface area contributed by atoms with Crippen molar-refractivity contribution in [3.05, 3.63) is 69.4 Å². The highest BCUT2D eigenvalue weighted by Crippen LogP contribution is 2.17. The van der Waals surface area contributed by atoms with Gasteiger partial charge in [-0.1, -0.05) is 60.7 Å². The zero-order valence-corrected chi connectivity index (χ0v) is 10.2. The molecule has 2 aliphatic rings. The summed E-state index contributed by atoms with van der Waals surface area (Å²) in [6, 6.07) is 17.3. The van der Waals surface area contributed by atoms with Crippen LogP contribution in [-0.2, 0) is 0 Å². The van der Waals surface area contributed by atoms with Crippen LogP contribution in [0.4, 0.5) is 0 Å². The van der Waals surface area contributed by atoms with Gasteiger partial charge in [-0.15, -0.1) is 0 Å². The third kappa shape index (κ3) is 1.39. The summed E-state index contributed by atoms with van der Waals surface area (Å²) in [5.74, 6) is 0. The van der Waals surface area contributed by atoms with Gasteiger partial charge in [0.1, 0.15) is 0 Å². The highest BCUT2D eigenvalue weighted by atomic mass is 14.1. The molecule has 2 aromatic carbocycles. The van der Waals surface area contributed by atoms with Crippen LogP contribution in [-0.4, -0.2) is 0 Å². The van der Waals surface area contributed by atoms with Crippen molar-refractivity contribution in [1.29, 1.82) is 0 Å². The summed E-state index contributed by atoms with van der Waals surface area (Å²) in [7, 11) is 0. The van der Waals surface area contributed by atoms with E-state index in [1.54, 1.807) is 0 Å². The molecule has 0 saturated heterocycles. The maximum absolute atomic E-state index is 2.32. The number of rotatable bonds is 3. The third-order valence-electron chi connectivity index (χ3n) is 3.94. The molecule has 0 amide bonds. The van der Waals surface area contributed by atoms with E-state index in [1.165, 1.54) is 32.0 Å². The van der Waals surface area contributed by atoms with E-state index in [2.05, 4.69) is 60.7 Å². The smallest absolute Gasteiger partial charge is 0.0151 e. The van der Waals surface area contributed by atoms with Crippen molar-refractivity contribution >= 4 is 23.3 Å². The molecule has 18 heavy (non-hydrogen) atoms. The minimum atomic E-state index is 1.16. The van der Waals surface area contributed by atoms with Crippen molar-refractivity contribution in [2.24, 2.45) is 0 Å². The molecule has 0 unspecified atom stereocenters. The summed E-state index contributed by atoms with van der Waals surface area (Å²) in [6.45, 7) is 0. The number of benzene rings is 2. The molecule has 0 radical (unpaired) electrons. The van der Waals surface area contributed by atoms with Gasteiger partial charge in [-0.3, -0.25) is 0 Å². The van der Waals surface area contributed by atoms with E-state index >= 15 is 0 Å². The second-order valence-corrected chi connectivity index (χ2v) is 5.01. The van der Waals surface area contributed by atoms with Crippen LogP contribution in [0, 0.1) is 0 Å². The van der Waals surface area contributed by atoms with Gasteiger partial charge in [-0.05, 0) is 44.9 Å². The highest BCUT2D eigenvalue weighted by Gasteiger charge is 2.09. The summed E-state index contributed by atoms with van der Waals surface area (Å²) in [5.41, 5.74) is 3.02. The van der Waals surface area contributed by atoms with Crippen LogP contribution >= 0.6 is 0 Å². The lowest BCUT2D eigenvalue weighted by molar-refractivity contribution is 1.08. The number of hydrogen-bond donors (Lipinski definition) is 0. The highest BCUT2D eigenvalue weighted by molar-refractivity contribution is 5.86. The lowest BCUT2D eigenvalue weighted by atomic mass is 9.90. The van der Waals surface area contributed by atoms with Gasteiger partial charge in [-0.2, -0.15) is 0 Å². The van der Waals surface area contributed by atoms with Crippen LogP contribution in [0.5, 0.6) is 0 Å². The van der Waals surface area contributed by atoms with Gasteiger partial charge in [0.25, 0.3) is 0 Å². The average molecular weight is 230 g/mol. The molecule has 0 aromatic heterocycles. The Morgan fingerprint density at radius 1 is 0.556 bits per heavy atom. The second kappa shape index (κ2) is 3.71. The van der Waals surface area contributed by atoms with E-state index in [9.17, 15) is 0 Å². The lowest BCUT2D eigenvalue weighted by Crippen LogP contribution is -2.35. The maximum atomic E-state index is 2.32. The lowest BCUT2D eigenvalue weighted by Gasteiger charge is -2.14.